The van der Waals surface area contributed by atoms with Gasteiger partial charge in [0, 0.05) is 57.2 Å². The van der Waals surface area contributed by atoms with E-state index in [0.29, 0.717) is 39.3 Å². The molecule has 0 spiro atoms. The lowest BCUT2D eigenvalue weighted by Crippen LogP contribution is -2.51. The Morgan fingerprint density at radius 3 is 2.16 bits per heavy atom. The number of rotatable bonds is 12. The van der Waals surface area contributed by atoms with Gasteiger partial charge in [-0.25, -0.2) is 0 Å². The molecule has 37 heavy (non-hydrogen) atoms. The fraction of sp³-hybridized carbons (Fsp3) is 0.310. The Balaban J connectivity index is 1.88. The van der Waals surface area contributed by atoms with Crippen molar-refractivity contribution in [2.45, 2.75) is 44.2 Å². The Bertz CT molecular complexity index is 1150. The van der Waals surface area contributed by atoms with Gasteiger partial charge in [0.1, 0.15) is 6.04 Å². The van der Waals surface area contributed by atoms with Gasteiger partial charge in [-0.2, -0.15) is 0 Å². The van der Waals surface area contributed by atoms with Crippen molar-refractivity contribution in [3.8, 4) is 0 Å². The molecule has 2 amide bonds. The summed E-state index contributed by atoms with van der Waals surface area (Å²) < 4.78 is 0. The van der Waals surface area contributed by atoms with Gasteiger partial charge in [0.15, 0.2) is 0 Å². The fourth-order valence-corrected chi connectivity index (χ4v) is 5.24. The molecule has 0 unspecified atom stereocenters. The normalized spacial score (nSPS) is 11.8. The van der Waals surface area contributed by atoms with Gasteiger partial charge in [0.25, 0.3) is 0 Å². The van der Waals surface area contributed by atoms with Crippen LogP contribution in [0.15, 0.2) is 77.7 Å². The van der Waals surface area contributed by atoms with Crippen LogP contribution in [0.5, 0.6) is 0 Å². The second-order valence-electron chi connectivity index (χ2n) is 9.12. The van der Waals surface area contributed by atoms with Crippen LogP contribution >= 0.6 is 46.6 Å². The summed E-state index contributed by atoms with van der Waals surface area (Å²) in [5.74, 6) is 0.496. The molecule has 1 atom stereocenters. The molecule has 0 aliphatic carbocycles. The number of amides is 2. The molecule has 0 bridgehead atoms. The lowest BCUT2D eigenvalue weighted by atomic mass is 10.0. The lowest BCUT2D eigenvalue weighted by Gasteiger charge is -2.32. The standard InChI is InChI=1S/C29H31Cl3N2O2S/c1-20(2)18-33-29(36)27(17-21-7-4-3-5-8-21)34(19-24-25(31)9-6-10-26(24)32)28(35)15-16-37-23-13-11-22(30)12-14-23/h3-14,20,27H,15-19H2,1-2H3,(H,33,36)/t27-/m1/s1. The van der Waals surface area contributed by atoms with Crippen molar-refractivity contribution >= 4 is 58.4 Å². The fourth-order valence-electron chi connectivity index (χ4n) is 3.76. The predicted molar refractivity (Wildman–Crippen MR) is 156 cm³/mol. The minimum Gasteiger partial charge on any atom is -0.354 e. The van der Waals surface area contributed by atoms with E-state index < -0.39 is 6.04 Å². The SMILES string of the molecule is CC(C)CNC(=O)[C@@H](Cc1ccccc1)N(Cc1c(Cl)cccc1Cl)C(=O)CCSc1ccc(Cl)cc1. The molecule has 0 aliphatic rings. The Morgan fingerprint density at radius 1 is 0.892 bits per heavy atom. The molecular formula is C29H31Cl3N2O2S. The molecule has 0 saturated heterocycles. The molecule has 0 fully saturated rings. The first-order valence-corrected chi connectivity index (χ1v) is 14.3. The van der Waals surface area contributed by atoms with Gasteiger partial charge in [0.2, 0.25) is 11.8 Å². The summed E-state index contributed by atoms with van der Waals surface area (Å²) in [5.41, 5.74) is 1.59. The summed E-state index contributed by atoms with van der Waals surface area (Å²) in [4.78, 5) is 29.9. The number of nitrogens with zero attached hydrogens (tertiary/aromatic N) is 1. The number of hydrogen-bond acceptors (Lipinski definition) is 3. The molecule has 1 N–H and O–H groups in total. The maximum Gasteiger partial charge on any atom is 0.243 e. The average molecular weight is 578 g/mol. The van der Waals surface area contributed by atoms with Gasteiger partial charge in [-0.3, -0.25) is 9.59 Å². The number of nitrogens with one attached hydrogen (secondary N) is 1. The molecule has 3 aromatic rings. The summed E-state index contributed by atoms with van der Waals surface area (Å²) in [6.45, 7) is 4.72. The molecule has 0 heterocycles. The molecule has 196 valence electrons. The zero-order valence-electron chi connectivity index (χ0n) is 20.9. The summed E-state index contributed by atoms with van der Waals surface area (Å²) in [5, 5.41) is 4.61. The van der Waals surface area contributed by atoms with Gasteiger partial charge in [-0.15, -0.1) is 11.8 Å². The zero-order valence-corrected chi connectivity index (χ0v) is 24.0. The van der Waals surface area contributed by atoms with Crippen molar-refractivity contribution in [1.82, 2.24) is 10.2 Å². The summed E-state index contributed by atoms with van der Waals surface area (Å²) in [7, 11) is 0. The predicted octanol–water partition coefficient (Wildman–Crippen LogP) is 7.54. The number of hydrogen-bond donors (Lipinski definition) is 1. The minimum absolute atomic E-state index is 0.134. The van der Waals surface area contributed by atoms with Crippen molar-refractivity contribution < 1.29 is 9.59 Å². The lowest BCUT2D eigenvalue weighted by molar-refractivity contribution is -0.141. The van der Waals surface area contributed by atoms with Crippen molar-refractivity contribution in [2.24, 2.45) is 5.92 Å². The quantitative estimate of drug-likeness (QED) is 0.226. The maximum absolute atomic E-state index is 13.7. The molecular weight excluding hydrogens is 547 g/mol. The largest absolute Gasteiger partial charge is 0.354 e. The van der Waals surface area contributed by atoms with E-state index in [2.05, 4.69) is 5.32 Å². The summed E-state index contributed by atoms with van der Waals surface area (Å²) in [6, 6.07) is 21.7. The van der Waals surface area contributed by atoms with Crippen LogP contribution in [0.2, 0.25) is 15.1 Å². The van der Waals surface area contributed by atoms with Crippen LogP contribution < -0.4 is 5.32 Å². The third-order valence-corrected chi connectivity index (χ3v) is 7.72. The second-order valence-corrected chi connectivity index (χ2v) is 11.5. The van der Waals surface area contributed by atoms with Gasteiger partial charge in [-0.1, -0.05) is 85.0 Å². The van der Waals surface area contributed by atoms with Crippen molar-refractivity contribution in [2.75, 3.05) is 12.3 Å². The molecule has 4 nitrogen and oxygen atoms in total. The van der Waals surface area contributed by atoms with Gasteiger partial charge < -0.3 is 10.2 Å². The molecule has 0 aliphatic heterocycles. The Kier molecular flexibility index (Phi) is 11.7. The van der Waals surface area contributed by atoms with Crippen LogP contribution in [0.1, 0.15) is 31.4 Å². The first-order chi connectivity index (χ1) is 17.7. The number of halogens is 3. The zero-order chi connectivity index (χ0) is 26.8. The van der Waals surface area contributed by atoms with Crippen LogP contribution in [0.25, 0.3) is 0 Å². The first kappa shape index (κ1) is 29.4. The van der Waals surface area contributed by atoms with E-state index >= 15 is 0 Å². The molecule has 0 radical (unpaired) electrons. The van der Waals surface area contributed by atoms with E-state index in [1.54, 1.807) is 34.9 Å². The Morgan fingerprint density at radius 2 is 1.54 bits per heavy atom. The van der Waals surface area contributed by atoms with E-state index in [0.717, 1.165) is 10.5 Å². The number of thioether (sulfide) groups is 1. The van der Waals surface area contributed by atoms with Crippen LogP contribution in [0, 0.1) is 5.92 Å². The van der Waals surface area contributed by atoms with Gasteiger partial charge in [-0.05, 0) is 47.9 Å². The van der Waals surface area contributed by atoms with Crippen LogP contribution in [-0.2, 0) is 22.6 Å². The topological polar surface area (TPSA) is 49.4 Å². The monoisotopic (exact) mass is 576 g/mol. The van der Waals surface area contributed by atoms with E-state index in [-0.39, 0.29) is 30.7 Å². The highest BCUT2D eigenvalue weighted by Gasteiger charge is 2.31. The van der Waals surface area contributed by atoms with Crippen molar-refractivity contribution in [3.05, 3.63) is 99.0 Å². The van der Waals surface area contributed by atoms with Gasteiger partial charge >= 0.3 is 0 Å². The summed E-state index contributed by atoms with van der Waals surface area (Å²) >= 11 is 20.5. The van der Waals surface area contributed by atoms with E-state index in [1.165, 1.54) is 0 Å². The third kappa shape index (κ3) is 9.26. The molecule has 3 aromatic carbocycles. The van der Waals surface area contributed by atoms with E-state index in [1.807, 2.05) is 68.4 Å². The molecule has 0 aromatic heterocycles. The third-order valence-electron chi connectivity index (χ3n) is 5.74. The maximum atomic E-state index is 13.7. The highest BCUT2D eigenvalue weighted by atomic mass is 35.5. The number of carbonyl (C=O) groups excluding carboxylic acids is 2. The minimum atomic E-state index is -0.721. The summed E-state index contributed by atoms with van der Waals surface area (Å²) in [6.07, 6.45) is 0.626. The van der Waals surface area contributed by atoms with Crippen molar-refractivity contribution in [3.63, 3.8) is 0 Å². The van der Waals surface area contributed by atoms with Gasteiger partial charge in [0.05, 0.1) is 0 Å². The highest BCUT2D eigenvalue weighted by molar-refractivity contribution is 7.99. The van der Waals surface area contributed by atoms with Crippen LogP contribution in [-0.4, -0.2) is 35.1 Å². The van der Waals surface area contributed by atoms with E-state index in [9.17, 15) is 9.59 Å². The van der Waals surface area contributed by atoms with Crippen molar-refractivity contribution in [1.29, 1.82) is 0 Å². The molecule has 8 heteroatoms. The first-order valence-electron chi connectivity index (χ1n) is 12.2. The Hall–Kier alpha value is -2.18. The highest BCUT2D eigenvalue weighted by Crippen LogP contribution is 2.28. The van der Waals surface area contributed by atoms with E-state index in [4.69, 9.17) is 34.8 Å². The molecule has 3 rings (SSSR count). The second kappa shape index (κ2) is 14.7. The Labute approximate surface area is 238 Å². The average Bonchev–Trinajstić information content (AvgIpc) is 2.88. The smallest absolute Gasteiger partial charge is 0.243 e. The molecule has 0 saturated carbocycles. The number of benzene rings is 3. The van der Waals surface area contributed by atoms with Crippen LogP contribution in [0.4, 0.5) is 0 Å². The van der Waals surface area contributed by atoms with Crippen LogP contribution in [0.3, 0.4) is 0 Å². The number of carbonyl (C=O) groups is 2.